The maximum atomic E-state index is 12.3. The molecule has 0 spiro atoms. The van der Waals surface area contributed by atoms with Crippen LogP contribution in [-0.4, -0.2) is 41.3 Å². The van der Waals surface area contributed by atoms with E-state index in [1.54, 1.807) is 30.3 Å². The number of anilines is 1. The molecular formula is C12H18N6O2S. The van der Waals surface area contributed by atoms with E-state index in [1.807, 2.05) is 6.92 Å². The second kappa shape index (κ2) is 6.64. The van der Waals surface area contributed by atoms with Crippen molar-refractivity contribution in [3.05, 3.63) is 30.5 Å². The van der Waals surface area contributed by atoms with Gasteiger partial charge < -0.3 is 5.32 Å². The Morgan fingerprint density at radius 2 is 2.14 bits per heavy atom. The van der Waals surface area contributed by atoms with Crippen LogP contribution >= 0.6 is 0 Å². The minimum absolute atomic E-state index is 0.140. The zero-order chi connectivity index (χ0) is 15.3. The molecule has 0 bridgehead atoms. The van der Waals surface area contributed by atoms with Crippen molar-refractivity contribution in [3.63, 3.8) is 0 Å². The van der Waals surface area contributed by atoms with Gasteiger partial charge in [-0.3, -0.25) is 4.68 Å². The summed E-state index contributed by atoms with van der Waals surface area (Å²) in [6, 6.07) is 3.11. The lowest BCUT2D eigenvalue weighted by Gasteiger charge is -2.10. The molecule has 2 rings (SSSR count). The lowest BCUT2D eigenvalue weighted by Crippen LogP contribution is -2.27. The summed E-state index contributed by atoms with van der Waals surface area (Å²) in [7, 11) is -1.85. The molecule has 0 saturated heterocycles. The summed E-state index contributed by atoms with van der Waals surface area (Å²) in [6.45, 7) is 2.70. The van der Waals surface area contributed by atoms with Gasteiger partial charge in [-0.15, -0.1) is 0 Å². The van der Waals surface area contributed by atoms with Gasteiger partial charge >= 0.3 is 0 Å². The van der Waals surface area contributed by atoms with E-state index in [-0.39, 0.29) is 11.4 Å². The molecule has 0 atom stereocenters. The highest BCUT2D eigenvalue weighted by Crippen LogP contribution is 2.17. The van der Waals surface area contributed by atoms with Gasteiger partial charge in [0.25, 0.3) is 0 Å². The predicted octanol–water partition coefficient (Wildman–Crippen LogP) is 0.163. The molecule has 0 unspecified atom stereocenters. The van der Waals surface area contributed by atoms with Crippen molar-refractivity contribution in [1.29, 1.82) is 0 Å². The monoisotopic (exact) mass is 310 g/mol. The van der Waals surface area contributed by atoms with Gasteiger partial charge in [-0.2, -0.15) is 5.10 Å². The molecule has 9 heteroatoms. The lowest BCUT2D eigenvalue weighted by molar-refractivity contribution is 0.580. The summed E-state index contributed by atoms with van der Waals surface area (Å²) in [5, 5.41) is 7.03. The average molecular weight is 310 g/mol. The molecule has 21 heavy (non-hydrogen) atoms. The number of sulfonamides is 1. The highest BCUT2D eigenvalue weighted by Gasteiger charge is 2.18. The van der Waals surface area contributed by atoms with E-state index < -0.39 is 10.0 Å². The summed E-state index contributed by atoms with van der Waals surface area (Å²) in [6.07, 6.45) is 3.56. The Balaban J connectivity index is 2.04. The van der Waals surface area contributed by atoms with E-state index in [9.17, 15) is 8.42 Å². The van der Waals surface area contributed by atoms with Gasteiger partial charge in [0.1, 0.15) is 17.0 Å². The highest BCUT2D eigenvalue weighted by molar-refractivity contribution is 7.89. The number of aryl methyl sites for hydroxylation is 1. The van der Waals surface area contributed by atoms with Gasteiger partial charge in [0.15, 0.2) is 5.82 Å². The van der Waals surface area contributed by atoms with Crippen molar-refractivity contribution in [2.75, 3.05) is 18.4 Å². The zero-order valence-corrected chi connectivity index (χ0v) is 12.8. The fourth-order valence-electron chi connectivity index (χ4n) is 1.78. The smallest absolute Gasteiger partial charge is 0.244 e. The van der Waals surface area contributed by atoms with Gasteiger partial charge in [0.05, 0.1) is 0 Å². The largest absolute Gasteiger partial charge is 0.369 e. The number of nitrogens with zero attached hydrogens (tertiary/aromatic N) is 4. The number of rotatable bonds is 7. The maximum absolute atomic E-state index is 12.3. The third-order valence-electron chi connectivity index (χ3n) is 2.69. The van der Waals surface area contributed by atoms with Gasteiger partial charge in [-0.25, -0.2) is 23.1 Å². The first kappa shape index (κ1) is 15.4. The minimum atomic E-state index is -3.61. The fraction of sp³-hybridized carbons (Fsp3) is 0.417. The van der Waals surface area contributed by atoms with Crippen LogP contribution in [0.4, 0.5) is 5.82 Å². The molecule has 0 amide bonds. The molecule has 0 saturated carbocycles. The van der Waals surface area contributed by atoms with Crippen molar-refractivity contribution in [1.82, 2.24) is 24.5 Å². The quantitative estimate of drug-likeness (QED) is 0.755. The molecule has 0 aliphatic heterocycles. The average Bonchev–Trinajstić information content (AvgIpc) is 2.85. The van der Waals surface area contributed by atoms with Crippen molar-refractivity contribution >= 4 is 15.8 Å². The first-order valence-corrected chi connectivity index (χ1v) is 8.04. The molecule has 2 heterocycles. The Bertz CT molecular complexity index is 697. The summed E-state index contributed by atoms with van der Waals surface area (Å²) < 4.78 is 28.7. The van der Waals surface area contributed by atoms with Gasteiger partial charge in [-0.1, -0.05) is 0 Å². The summed E-state index contributed by atoms with van der Waals surface area (Å²) in [4.78, 5) is 8.23. The van der Waals surface area contributed by atoms with E-state index >= 15 is 0 Å². The first-order chi connectivity index (χ1) is 10.0. The third-order valence-corrected chi connectivity index (χ3v) is 4.18. The Hall–Kier alpha value is -2.00. The van der Waals surface area contributed by atoms with Crippen molar-refractivity contribution in [3.8, 4) is 0 Å². The van der Waals surface area contributed by atoms with E-state index in [0.29, 0.717) is 24.6 Å². The van der Waals surface area contributed by atoms with E-state index in [4.69, 9.17) is 0 Å². The normalized spacial score (nSPS) is 11.5. The molecule has 0 aliphatic rings. The zero-order valence-electron chi connectivity index (χ0n) is 11.9. The van der Waals surface area contributed by atoms with Crippen LogP contribution in [0, 0.1) is 0 Å². The molecular weight excluding hydrogens is 292 g/mol. The van der Waals surface area contributed by atoms with E-state index in [2.05, 4.69) is 25.1 Å². The van der Waals surface area contributed by atoms with Crippen LogP contribution in [0.15, 0.2) is 29.6 Å². The van der Waals surface area contributed by atoms with Crippen LogP contribution in [0.5, 0.6) is 0 Å². The third kappa shape index (κ3) is 3.99. The van der Waals surface area contributed by atoms with Gasteiger partial charge in [-0.05, 0) is 19.1 Å². The van der Waals surface area contributed by atoms with Crippen LogP contribution in [0.1, 0.15) is 12.7 Å². The Labute approximate surface area is 123 Å². The number of nitrogens with one attached hydrogen (secondary N) is 2. The predicted molar refractivity (Wildman–Crippen MR) is 78.3 cm³/mol. The topological polar surface area (TPSA) is 102 Å². The summed E-state index contributed by atoms with van der Waals surface area (Å²) in [5.41, 5.74) is 0. The van der Waals surface area contributed by atoms with Crippen molar-refractivity contribution in [2.45, 2.75) is 18.2 Å². The second-order valence-electron chi connectivity index (χ2n) is 4.36. The van der Waals surface area contributed by atoms with E-state index in [0.717, 1.165) is 0 Å². The Morgan fingerprint density at radius 1 is 1.33 bits per heavy atom. The standard InChI is InChI=1S/C12H18N6O2S/c1-3-13-12-10(5-4-7-14-12)21(19,20)16-8-6-11-15-9-18(2)17-11/h4-5,7,9,16H,3,6,8H2,1-2H3,(H,13,14). The molecule has 2 N–H and O–H groups in total. The Morgan fingerprint density at radius 3 is 2.81 bits per heavy atom. The molecule has 0 fully saturated rings. The number of hydrogen-bond donors (Lipinski definition) is 2. The SMILES string of the molecule is CCNc1ncccc1S(=O)(=O)NCCc1ncn(C)n1. The van der Waals surface area contributed by atoms with Crippen LogP contribution < -0.4 is 10.0 Å². The number of pyridine rings is 1. The van der Waals surface area contributed by atoms with Gasteiger partial charge in [0.2, 0.25) is 10.0 Å². The van der Waals surface area contributed by atoms with Gasteiger partial charge in [0, 0.05) is 32.8 Å². The highest BCUT2D eigenvalue weighted by atomic mass is 32.2. The molecule has 114 valence electrons. The Kier molecular flexibility index (Phi) is 4.86. The number of aromatic nitrogens is 4. The molecule has 0 radical (unpaired) electrons. The van der Waals surface area contributed by atoms with Crippen LogP contribution in [0.25, 0.3) is 0 Å². The first-order valence-electron chi connectivity index (χ1n) is 6.56. The fourth-order valence-corrected chi connectivity index (χ4v) is 2.94. The van der Waals surface area contributed by atoms with Crippen LogP contribution in [0.3, 0.4) is 0 Å². The van der Waals surface area contributed by atoms with Crippen molar-refractivity contribution < 1.29 is 8.42 Å². The lowest BCUT2D eigenvalue weighted by atomic mass is 10.4. The molecule has 0 aliphatic carbocycles. The van der Waals surface area contributed by atoms with E-state index in [1.165, 1.54) is 6.07 Å². The second-order valence-corrected chi connectivity index (χ2v) is 6.10. The number of hydrogen-bond acceptors (Lipinski definition) is 6. The van der Waals surface area contributed by atoms with Crippen molar-refractivity contribution in [2.24, 2.45) is 7.05 Å². The molecule has 2 aromatic rings. The molecule has 0 aromatic carbocycles. The summed E-state index contributed by atoms with van der Waals surface area (Å²) >= 11 is 0. The summed E-state index contributed by atoms with van der Waals surface area (Å²) in [5.74, 6) is 0.946. The van der Waals surface area contributed by atoms with Crippen LogP contribution in [-0.2, 0) is 23.5 Å². The van der Waals surface area contributed by atoms with Crippen LogP contribution in [0.2, 0.25) is 0 Å². The minimum Gasteiger partial charge on any atom is -0.369 e. The molecule has 2 aromatic heterocycles. The molecule has 8 nitrogen and oxygen atoms in total. The maximum Gasteiger partial charge on any atom is 0.244 e.